The molecule has 0 aromatic carbocycles. The summed E-state index contributed by atoms with van der Waals surface area (Å²) in [4.78, 5) is 0. The molecule has 0 bridgehead atoms. The van der Waals surface area contributed by atoms with Gasteiger partial charge in [0.2, 0.25) is 0 Å². The Morgan fingerprint density at radius 3 is 1.75 bits per heavy atom. The second-order valence-electron chi connectivity index (χ2n) is 3.44. The van der Waals surface area contributed by atoms with Crippen LogP contribution in [0, 0.1) is 0 Å². The molecule has 0 spiro atoms. The molecule has 0 aliphatic carbocycles. The molecule has 0 unspecified atom stereocenters. The Hall–Kier alpha value is 0.430. The van der Waals surface area contributed by atoms with Crippen molar-refractivity contribution in [3.63, 3.8) is 0 Å². The van der Waals surface area contributed by atoms with Crippen LogP contribution in [-0.4, -0.2) is 12.3 Å². The van der Waals surface area contributed by atoms with Gasteiger partial charge in [0.25, 0.3) is 0 Å². The van der Waals surface area contributed by atoms with E-state index < -0.39 is 0 Å². The van der Waals surface area contributed by atoms with Gasteiger partial charge in [0.05, 0.1) is 0 Å². The quantitative estimate of drug-likeness (QED) is 0.362. The maximum Gasteiger partial charge on any atom is -0.0287 e. The lowest BCUT2D eigenvalue weighted by Gasteiger charge is -1.99. The standard InChI is InChI=1S/C11H24P/c1-3-5-7-9-11-12-10-8-6-4-2/h3-11H2,1-2H3. The molecule has 0 saturated carbocycles. The summed E-state index contributed by atoms with van der Waals surface area (Å²) in [5, 5.41) is 0. The minimum Gasteiger partial charge on any atom is -0.0810 e. The zero-order valence-corrected chi connectivity index (χ0v) is 9.71. The van der Waals surface area contributed by atoms with E-state index in [4.69, 9.17) is 0 Å². The smallest absolute Gasteiger partial charge is 0.0287 e. The Labute approximate surface area is 80.3 Å². The molecule has 0 aliphatic rings. The van der Waals surface area contributed by atoms with Crippen LogP contribution >= 0.6 is 8.58 Å². The van der Waals surface area contributed by atoms with Crippen molar-refractivity contribution < 1.29 is 0 Å². The average molecular weight is 187 g/mol. The third kappa shape index (κ3) is 10.4. The lowest BCUT2D eigenvalue weighted by Crippen LogP contribution is -1.82. The van der Waals surface area contributed by atoms with Crippen LogP contribution < -0.4 is 0 Å². The second kappa shape index (κ2) is 11.4. The molecule has 0 nitrogen and oxygen atoms in total. The Morgan fingerprint density at radius 1 is 0.667 bits per heavy atom. The van der Waals surface area contributed by atoms with E-state index in [2.05, 4.69) is 13.8 Å². The van der Waals surface area contributed by atoms with Crippen molar-refractivity contribution in [3.05, 3.63) is 0 Å². The Kier molecular flexibility index (Phi) is 11.8. The molecule has 0 N–H and O–H groups in total. The van der Waals surface area contributed by atoms with E-state index in [-0.39, 0.29) is 0 Å². The van der Waals surface area contributed by atoms with Crippen molar-refractivity contribution in [3.8, 4) is 0 Å². The Bertz CT molecular complexity index is 61.4. The summed E-state index contributed by atoms with van der Waals surface area (Å²) in [7, 11) is 1.70. The Balaban J connectivity index is 2.73. The molecule has 0 aromatic heterocycles. The molecule has 0 fully saturated rings. The Morgan fingerprint density at radius 2 is 1.17 bits per heavy atom. The van der Waals surface area contributed by atoms with Crippen LogP contribution in [-0.2, 0) is 0 Å². The molecule has 0 amide bonds. The fraction of sp³-hybridized carbons (Fsp3) is 1.00. The van der Waals surface area contributed by atoms with Gasteiger partial charge in [0.1, 0.15) is 0 Å². The van der Waals surface area contributed by atoms with E-state index in [1.54, 1.807) is 8.58 Å². The molecular weight excluding hydrogens is 163 g/mol. The summed E-state index contributed by atoms with van der Waals surface area (Å²) in [6, 6.07) is 0. The van der Waals surface area contributed by atoms with E-state index in [1.807, 2.05) is 0 Å². The van der Waals surface area contributed by atoms with Gasteiger partial charge in [-0.25, -0.2) is 0 Å². The molecule has 0 aliphatic heterocycles. The third-order valence-electron chi connectivity index (χ3n) is 2.09. The lowest BCUT2D eigenvalue weighted by molar-refractivity contribution is 0.704. The topological polar surface area (TPSA) is 0 Å². The van der Waals surface area contributed by atoms with Crippen molar-refractivity contribution in [2.45, 2.75) is 58.8 Å². The van der Waals surface area contributed by atoms with Gasteiger partial charge < -0.3 is 0 Å². The summed E-state index contributed by atoms with van der Waals surface area (Å²) in [5.74, 6) is 0. The zero-order valence-electron chi connectivity index (χ0n) is 8.81. The highest BCUT2D eigenvalue weighted by atomic mass is 31.1. The summed E-state index contributed by atoms with van der Waals surface area (Å²) >= 11 is 0. The summed E-state index contributed by atoms with van der Waals surface area (Å²) in [6.45, 7) is 4.55. The maximum atomic E-state index is 2.28. The van der Waals surface area contributed by atoms with Crippen LogP contribution in [0.25, 0.3) is 0 Å². The molecular formula is C11H24P. The first-order valence-electron chi connectivity index (χ1n) is 5.55. The zero-order chi connectivity index (χ0) is 9.07. The van der Waals surface area contributed by atoms with Gasteiger partial charge in [0, 0.05) is 0 Å². The minimum atomic E-state index is 1.37. The molecule has 1 radical (unpaired) electrons. The summed E-state index contributed by atoms with van der Waals surface area (Å²) in [6.07, 6.45) is 12.9. The van der Waals surface area contributed by atoms with Crippen molar-refractivity contribution in [2.24, 2.45) is 0 Å². The van der Waals surface area contributed by atoms with Gasteiger partial charge in [-0.2, -0.15) is 0 Å². The maximum absolute atomic E-state index is 2.28. The van der Waals surface area contributed by atoms with E-state index in [0.29, 0.717) is 0 Å². The summed E-state index contributed by atoms with van der Waals surface area (Å²) in [5.41, 5.74) is 0. The monoisotopic (exact) mass is 187 g/mol. The van der Waals surface area contributed by atoms with Crippen LogP contribution in [0.15, 0.2) is 0 Å². The van der Waals surface area contributed by atoms with Gasteiger partial charge >= 0.3 is 0 Å². The SMILES string of the molecule is CCCCCC[P]CCCCC. The van der Waals surface area contributed by atoms with E-state index in [0.717, 1.165) is 0 Å². The van der Waals surface area contributed by atoms with Crippen LogP contribution in [0.5, 0.6) is 0 Å². The highest BCUT2D eigenvalue weighted by Crippen LogP contribution is 2.16. The molecule has 0 heterocycles. The first-order valence-corrected chi connectivity index (χ1v) is 6.81. The van der Waals surface area contributed by atoms with E-state index >= 15 is 0 Å². The van der Waals surface area contributed by atoms with Crippen molar-refractivity contribution in [1.82, 2.24) is 0 Å². The number of hydrogen-bond donors (Lipinski definition) is 0. The molecule has 73 valence electrons. The van der Waals surface area contributed by atoms with Gasteiger partial charge in [-0.3, -0.25) is 0 Å². The van der Waals surface area contributed by atoms with Crippen LogP contribution in [0.2, 0.25) is 0 Å². The number of hydrogen-bond acceptors (Lipinski definition) is 0. The second-order valence-corrected chi connectivity index (χ2v) is 4.78. The summed E-state index contributed by atoms with van der Waals surface area (Å²) < 4.78 is 0. The predicted molar refractivity (Wildman–Crippen MR) is 60.3 cm³/mol. The lowest BCUT2D eigenvalue weighted by atomic mass is 10.2. The average Bonchev–Trinajstić information content (AvgIpc) is 2.10. The van der Waals surface area contributed by atoms with E-state index in [9.17, 15) is 0 Å². The third-order valence-corrected chi connectivity index (χ3v) is 3.35. The highest BCUT2D eigenvalue weighted by Gasteiger charge is 1.90. The van der Waals surface area contributed by atoms with Crippen molar-refractivity contribution >= 4 is 8.58 Å². The van der Waals surface area contributed by atoms with Crippen molar-refractivity contribution in [1.29, 1.82) is 0 Å². The molecule has 12 heavy (non-hydrogen) atoms. The van der Waals surface area contributed by atoms with Gasteiger partial charge in [-0.1, -0.05) is 54.5 Å². The molecule has 0 aromatic rings. The molecule has 0 rings (SSSR count). The predicted octanol–water partition coefficient (Wildman–Crippen LogP) is 4.70. The molecule has 1 heteroatoms. The van der Waals surface area contributed by atoms with Crippen LogP contribution in [0.3, 0.4) is 0 Å². The minimum absolute atomic E-state index is 1.37. The first-order chi connectivity index (χ1) is 5.91. The molecule has 0 saturated heterocycles. The fourth-order valence-corrected chi connectivity index (χ4v) is 2.35. The normalized spacial score (nSPS) is 11.5. The largest absolute Gasteiger partial charge is 0.0810 e. The first kappa shape index (κ1) is 12.4. The van der Waals surface area contributed by atoms with Crippen molar-refractivity contribution in [2.75, 3.05) is 12.3 Å². The molecule has 0 atom stereocenters. The van der Waals surface area contributed by atoms with E-state index in [1.165, 1.54) is 57.3 Å². The number of rotatable bonds is 9. The van der Waals surface area contributed by atoms with Gasteiger partial charge in [-0.05, 0) is 25.2 Å². The van der Waals surface area contributed by atoms with Gasteiger partial charge in [0.15, 0.2) is 0 Å². The fourth-order valence-electron chi connectivity index (χ4n) is 1.24. The van der Waals surface area contributed by atoms with Gasteiger partial charge in [-0.15, -0.1) is 0 Å². The number of unbranched alkanes of at least 4 members (excludes halogenated alkanes) is 5. The van der Waals surface area contributed by atoms with Crippen LogP contribution in [0.4, 0.5) is 0 Å². The highest BCUT2D eigenvalue weighted by molar-refractivity contribution is 7.37. The van der Waals surface area contributed by atoms with Crippen LogP contribution in [0.1, 0.15) is 58.8 Å².